The van der Waals surface area contributed by atoms with E-state index in [9.17, 15) is 4.79 Å². The molecule has 1 aliphatic rings. The summed E-state index contributed by atoms with van der Waals surface area (Å²) in [4.78, 5) is 17.6. The summed E-state index contributed by atoms with van der Waals surface area (Å²) in [5.41, 5.74) is 0. The molecule has 7 heteroatoms. The topological polar surface area (TPSA) is 63.7 Å². The Kier molecular flexibility index (Phi) is 4.77. The Labute approximate surface area is 110 Å². The van der Waals surface area contributed by atoms with Crippen molar-refractivity contribution < 1.29 is 14.3 Å². The van der Waals surface area contributed by atoms with Crippen LogP contribution in [0.4, 0.5) is 4.79 Å². The van der Waals surface area contributed by atoms with E-state index in [1.54, 1.807) is 18.2 Å². The van der Waals surface area contributed by atoms with Gasteiger partial charge in [0.15, 0.2) is 0 Å². The van der Waals surface area contributed by atoms with Crippen molar-refractivity contribution in [1.82, 2.24) is 15.2 Å². The number of nitrogens with zero attached hydrogens (tertiary/aromatic N) is 2. The largest absolute Gasteiger partial charge is 0.465 e. The number of carbonyl (C=O) groups excluding carboxylic acids is 1. The summed E-state index contributed by atoms with van der Waals surface area (Å²) in [5, 5.41) is 5.34. The summed E-state index contributed by atoms with van der Waals surface area (Å²) in [6.45, 7) is 2.38. The molecule has 0 aliphatic carbocycles. The maximum atomic E-state index is 11.8. The third-order valence-electron chi connectivity index (χ3n) is 2.69. The van der Waals surface area contributed by atoms with Gasteiger partial charge in [0.05, 0.1) is 13.2 Å². The minimum absolute atomic E-state index is 0.0457. The van der Waals surface area contributed by atoms with Crippen LogP contribution in [-0.4, -0.2) is 55.4 Å². The highest BCUT2D eigenvalue weighted by atomic mass is 32.1. The zero-order chi connectivity index (χ0) is 12.8. The number of ether oxygens (including phenoxy) is 2. The van der Waals surface area contributed by atoms with Crippen LogP contribution in [-0.2, 0) is 4.74 Å². The van der Waals surface area contributed by atoms with Gasteiger partial charge in [0.1, 0.15) is 6.10 Å². The van der Waals surface area contributed by atoms with Gasteiger partial charge in [0.25, 0.3) is 5.19 Å². The number of hydrogen-bond acceptors (Lipinski definition) is 5. The van der Waals surface area contributed by atoms with Gasteiger partial charge in [-0.1, -0.05) is 11.3 Å². The Bertz CT molecular complexity index is 372. The number of methoxy groups -OCH3 is 1. The van der Waals surface area contributed by atoms with Gasteiger partial charge < -0.3 is 19.7 Å². The summed E-state index contributed by atoms with van der Waals surface area (Å²) in [6, 6.07) is -0.0581. The van der Waals surface area contributed by atoms with Crippen LogP contribution in [0.2, 0.25) is 0 Å². The first-order chi connectivity index (χ1) is 8.79. The fourth-order valence-electron chi connectivity index (χ4n) is 1.79. The molecule has 1 unspecified atom stereocenters. The average molecular weight is 271 g/mol. The number of thiazole rings is 1. The van der Waals surface area contributed by atoms with Crippen LogP contribution in [0, 0.1) is 0 Å². The molecule has 1 N–H and O–H groups in total. The second-order valence-corrected chi connectivity index (χ2v) is 4.85. The van der Waals surface area contributed by atoms with E-state index in [2.05, 4.69) is 10.3 Å². The van der Waals surface area contributed by atoms with Crippen molar-refractivity contribution in [3.63, 3.8) is 0 Å². The van der Waals surface area contributed by atoms with Crippen LogP contribution >= 0.6 is 11.3 Å². The first-order valence-electron chi connectivity index (χ1n) is 5.87. The van der Waals surface area contributed by atoms with E-state index in [-0.39, 0.29) is 12.1 Å². The maximum absolute atomic E-state index is 11.8. The monoisotopic (exact) mass is 271 g/mol. The van der Waals surface area contributed by atoms with Crippen LogP contribution in [0.25, 0.3) is 0 Å². The van der Waals surface area contributed by atoms with E-state index in [1.165, 1.54) is 11.3 Å². The van der Waals surface area contributed by atoms with E-state index in [1.807, 2.05) is 5.38 Å². The first-order valence-corrected chi connectivity index (χ1v) is 6.75. The van der Waals surface area contributed by atoms with E-state index in [0.29, 0.717) is 24.9 Å². The third kappa shape index (κ3) is 3.58. The number of amides is 2. The minimum Gasteiger partial charge on any atom is -0.465 e. The van der Waals surface area contributed by atoms with Gasteiger partial charge in [-0.2, -0.15) is 0 Å². The van der Waals surface area contributed by atoms with Gasteiger partial charge in [-0.05, 0) is 0 Å². The number of hydrogen-bond donors (Lipinski definition) is 1. The maximum Gasteiger partial charge on any atom is 0.317 e. The molecule has 0 radical (unpaired) electrons. The molecule has 0 aromatic carbocycles. The van der Waals surface area contributed by atoms with Crippen LogP contribution in [0.15, 0.2) is 11.6 Å². The smallest absolute Gasteiger partial charge is 0.317 e. The molecule has 0 spiro atoms. The Balaban J connectivity index is 1.72. The molecule has 6 nitrogen and oxygen atoms in total. The number of nitrogens with one attached hydrogen (secondary N) is 1. The Morgan fingerprint density at radius 2 is 2.61 bits per heavy atom. The molecule has 1 fully saturated rings. The molecule has 1 aromatic heterocycles. The molecule has 1 atom stereocenters. The SMILES string of the molecule is COCCNC(=O)N1CCC(Oc2nccs2)C1. The van der Waals surface area contributed by atoms with Crippen LogP contribution in [0.1, 0.15) is 6.42 Å². The minimum atomic E-state index is -0.0581. The van der Waals surface area contributed by atoms with Crippen LogP contribution in [0.5, 0.6) is 5.19 Å². The van der Waals surface area contributed by atoms with Gasteiger partial charge in [0, 0.05) is 38.2 Å². The normalized spacial score (nSPS) is 18.9. The van der Waals surface area contributed by atoms with E-state index in [0.717, 1.165) is 13.0 Å². The number of likely N-dealkylation sites (tertiary alicyclic amines) is 1. The van der Waals surface area contributed by atoms with Gasteiger partial charge in [-0.25, -0.2) is 9.78 Å². The fourth-order valence-corrected chi connectivity index (χ4v) is 2.34. The summed E-state index contributed by atoms with van der Waals surface area (Å²) in [6.07, 6.45) is 2.60. The number of carbonyl (C=O) groups is 1. The summed E-state index contributed by atoms with van der Waals surface area (Å²) < 4.78 is 10.6. The van der Waals surface area contributed by atoms with E-state index in [4.69, 9.17) is 9.47 Å². The zero-order valence-corrected chi connectivity index (χ0v) is 11.1. The number of urea groups is 1. The molecule has 0 bridgehead atoms. The van der Waals surface area contributed by atoms with Crippen molar-refractivity contribution in [2.24, 2.45) is 0 Å². The molecule has 2 amide bonds. The van der Waals surface area contributed by atoms with E-state index < -0.39 is 0 Å². The first kappa shape index (κ1) is 13.1. The van der Waals surface area contributed by atoms with Crippen LogP contribution in [0.3, 0.4) is 0 Å². The second-order valence-electron chi connectivity index (χ2n) is 4.00. The second kappa shape index (κ2) is 6.55. The zero-order valence-electron chi connectivity index (χ0n) is 10.3. The fraction of sp³-hybridized carbons (Fsp3) is 0.636. The van der Waals surface area contributed by atoms with Gasteiger partial charge in [-0.15, -0.1) is 0 Å². The molecule has 1 aliphatic heterocycles. The van der Waals surface area contributed by atoms with Crippen molar-refractivity contribution in [2.45, 2.75) is 12.5 Å². The summed E-state index contributed by atoms with van der Waals surface area (Å²) in [7, 11) is 1.61. The lowest BCUT2D eigenvalue weighted by Gasteiger charge is -2.17. The van der Waals surface area contributed by atoms with Crippen molar-refractivity contribution in [3.8, 4) is 5.19 Å². The Morgan fingerprint density at radius 1 is 1.72 bits per heavy atom. The molecule has 18 heavy (non-hydrogen) atoms. The lowest BCUT2D eigenvalue weighted by molar-refractivity contribution is 0.176. The molecular weight excluding hydrogens is 254 g/mol. The predicted molar refractivity (Wildman–Crippen MR) is 68.0 cm³/mol. The number of aromatic nitrogens is 1. The highest BCUT2D eigenvalue weighted by molar-refractivity contribution is 7.11. The van der Waals surface area contributed by atoms with Gasteiger partial charge in [0.2, 0.25) is 0 Å². The van der Waals surface area contributed by atoms with Crippen molar-refractivity contribution >= 4 is 17.4 Å². The van der Waals surface area contributed by atoms with Gasteiger partial charge >= 0.3 is 6.03 Å². The molecule has 2 rings (SSSR count). The van der Waals surface area contributed by atoms with Gasteiger partial charge in [-0.3, -0.25) is 0 Å². The summed E-state index contributed by atoms with van der Waals surface area (Å²) in [5.74, 6) is 0. The molecule has 0 saturated carbocycles. The third-order valence-corrected chi connectivity index (χ3v) is 3.35. The molecule has 100 valence electrons. The van der Waals surface area contributed by atoms with Crippen molar-refractivity contribution in [1.29, 1.82) is 0 Å². The van der Waals surface area contributed by atoms with Crippen LogP contribution < -0.4 is 10.1 Å². The number of rotatable bonds is 5. The molecular formula is C11H17N3O3S. The highest BCUT2D eigenvalue weighted by Gasteiger charge is 2.27. The summed E-state index contributed by atoms with van der Waals surface area (Å²) >= 11 is 1.47. The van der Waals surface area contributed by atoms with Crippen molar-refractivity contribution in [3.05, 3.63) is 11.6 Å². The Hall–Kier alpha value is -1.34. The molecule has 1 aromatic rings. The Morgan fingerprint density at radius 3 is 3.33 bits per heavy atom. The lowest BCUT2D eigenvalue weighted by atomic mass is 10.3. The standard InChI is InChI=1S/C11H17N3O3S/c1-16-6-3-12-10(15)14-5-2-9(8-14)17-11-13-4-7-18-11/h4,7,9H,2-3,5-6,8H2,1H3,(H,12,15). The quantitative estimate of drug-likeness (QED) is 0.810. The lowest BCUT2D eigenvalue weighted by Crippen LogP contribution is -2.40. The van der Waals surface area contributed by atoms with E-state index >= 15 is 0 Å². The predicted octanol–water partition coefficient (Wildman–Crippen LogP) is 0.952. The van der Waals surface area contributed by atoms with Crippen molar-refractivity contribution in [2.75, 3.05) is 33.4 Å². The highest BCUT2D eigenvalue weighted by Crippen LogP contribution is 2.20. The average Bonchev–Trinajstić information content (AvgIpc) is 3.01. The molecule has 2 heterocycles. The molecule has 1 saturated heterocycles.